The summed E-state index contributed by atoms with van der Waals surface area (Å²) in [7, 11) is -3.60. The van der Waals surface area contributed by atoms with Crippen LogP contribution < -0.4 is 10.5 Å². The highest BCUT2D eigenvalue weighted by Crippen LogP contribution is 2.27. The molecule has 21 heavy (non-hydrogen) atoms. The lowest BCUT2D eigenvalue weighted by Gasteiger charge is -2.15. The molecule has 114 valence electrons. The van der Waals surface area contributed by atoms with Crippen molar-refractivity contribution in [2.75, 3.05) is 12.3 Å². The summed E-state index contributed by atoms with van der Waals surface area (Å²) in [5, 5.41) is 10.4. The summed E-state index contributed by atoms with van der Waals surface area (Å²) in [6, 6.07) is 5.07. The highest BCUT2D eigenvalue weighted by atomic mass is 32.2. The van der Waals surface area contributed by atoms with E-state index in [1.54, 1.807) is 18.2 Å². The minimum Gasteiger partial charge on any atom is -0.399 e. The van der Waals surface area contributed by atoms with Crippen LogP contribution in [-0.2, 0) is 10.0 Å². The molecule has 1 aromatic carbocycles. The summed E-state index contributed by atoms with van der Waals surface area (Å²) in [4.78, 5) is 3.14. The van der Waals surface area contributed by atoms with E-state index >= 15 is 0 Å². The molecule has 2 aromatic rings. The van der Waals surface area contributed by atoms with Crippen molar-refractivity contribution < 1.29 is 13.5 Å². The van der Waals surface area contributed by atoms with Crippen LogP contribution in [0.15, 0.2) is 29.3 Å². The lowest BCUT2D eigenvalue weighted by atomic mass is 10.1. The van der Waals surface area contributed by atoms with Gasteiger partial charge in [-0.15, -0.1) is 0 Å². The van der Waals surface area contributed by atoms with Crippen LogP contribution in [0.2, 0.25) is 0 Å². The molecule has 0 bridgehead atoms. The van der Waals surface area contributed by atoms with Crippen LogP contribution in [0.25, 0.3) is 10.9 Å². The van der Waals surface area contributed by atoms with Crippen molar-refractivity contribution in [2.45, 2.75) is 30.3 Å². The number of nitrogens with two attached hydrogens (primary N) is 1. The Morgan fingerprint density at radius 2 is 2.19 bits per heavy atom. The average molecular weight is 309 g/mol. The van der Waals surface area contributed by atoms with Crippen LogP contribution in [0.5, 0.6) is 0 Å². The average Bonchev–Trinajstić information content (AvgIpc) is 3.02. The standard InChI is InChI=1S/C14H19N3O3S/c15-10-4-5-11-12(6-10)16-8-14(11)21(19,20)17-7-9-2-1-3-13(9)18/h4-6,8-9,13,16-18H,1-3,7,15H2. The van der Waals surface area contributed by atoms with E-state index in [0.717, 1.165) is 19.3 Å². The predicted molar refractivity (Wildman–Crippen MR) is 81.2 cm³/mol. The number of sulfonamides is 1. The molecule has 1 aromatic heterocycles. The fourth-order valence-electron chi connectivity index (χ4n) is 2.89. The van der Waals surface area contributed by atoms with Gasteiger partial charge in [-0.3, -0.25) is 0 Å². The zero-order valence-electron chi connectivity index (χ0n) is 11.5. The number of nitrogen functional groups attached to an aromatic ring is 1. The number of aromatic amines is 1. The van der Waals surface area contributed by atoms with Gasteiger partial charge in [0, 0.05) is 29.3 Å². The van der Waals surface area contributed by atoms with E-state index in [0.29, 0.717) is 16.6 Å². The number of aliphatic hydroxyl groups excluding tert-OH is 1. The first kappa shape index (κ1) is 14.4. The number of hydrogen-bond donors (Lipinski definition) is 4. The van der Waals surface area contributed by atoms with E-state index in [9.17, 15) is 13.5 Å². The van der Waals surface area contributed by atoms with Crippen molar-refractivity contribution in [3.63, 3.8) is 0 Å². The van der Waals surface area contributed by atoms with Gasteiger partial charge in [0.05, 0.1) is 6.10 Å². The van der Waals surface area contributed by atoms with E-state index < -0.39 is 16.1 Å². The largest absolute Gasteiger partial charge is 0.399 e. The third-order valence-electron chi connectivity index (χ3n) is 4.11. The van der Waals surface area contributed by atoms with E-state index in [4.69, 9.17) is 5.73 Å². The summed E-state index contributed by atoms with van der Waals surface area (Å²) in [5.74, 6) is 0.000579. The van der Waals surface area contributed by atoms with E-state index in [2.05, 4.69) is 9.71 Å². The smallest absolute Gasteiger partial charge is 0.242 e. The van der Waals surface area contributed by atoms with Gasteiger partial charge in [0.2, 0.25) is 10.0 Å². The number of rotatable bonds is 4. The quantitative estimate of drug-likeness (QED) is 0.636. The van der Waals surface area contributed by atoms with Crippen LogP contribution in [0.1, 0.15) is 19.3 Å². The molecule has 0 spiro atoms. The monoisotopic (exact) mass is 309 g/mol. The Hall–Kier alpha value is -1.57. The third-order valence-corrected chi connectivity index (χ3v) is 5.58. The minimum atomic E-state index is -3.60. The number of aromatic nitrogens is 1. The lowest BCUT2D eigenvalue weighted by Crippen LogP contribution is -2.32. The molecular weight excluding hydrogens is 290 g/mol. The molecular formula is C14H19N3O3S. The Bertz CT molecular complexity index is 754. The molecule has 1 aliphatic carbocycles. The zero-order chi connectivity index (χ0) is 15.0. The van der Waals surface area contributed by atoms with Crippen LogP contribution in [0.4, 0.5) is 5.69 Å². The molecule has 2 atom stereocenters. The topological polar surface area (TPSA) is 108 Å². The maximum Gasteiger partial charge on any atom is 0.242 e. The number of anilines is 1. The summed E-state index contributed by atoms with van der Waals surface area (Å²) in [5.41, 5.74) is 6.96. The number of aliphatic hydroxyl groups is 1. The maximum absolute atomic E-state index is 12.4. The molecule has 0 saturated heterocycles. The fraction of sp³-hybridized carbons (Fsp3) is 0.429. The van der Waals surface area contributed by atoms with Crippen molar-refractivity contribution in [1.29, 1.82) is 0 Å². The first-order chi connectivity index (χ1) is 9.97. The molecule has 2 unspecified atom stereocenters. The van der Waals surface area contributed by atoms with Gasteiger partial charge in [-0.05, 0) is 37.0 Å². The van der Waals surface area contributed by atoms with E-state index in [1.807, 2.05) is 0 Å². The number of nitrogens with one attached hydrogen (secondary N) is 2. The zero-order valence-corrected chi connectivity index (χ0v) is 12.4. The number of benzene rings is 1. The Kier molecular flexibility index (Phi) is 3.64. The molecule has 0 aliphatic heterocycles. The Balaban J connectivity index is 1.83. The minimum absolute atomic E-state index is 0.000579. The normalized spacial score (nSPS) is 22.9. The second kappa shape index (κ2) is 5.32. The van der Waals surface area contributed by atoms with Gasteiger partial charge >= 0.3 is 0 Å². The molecule has 7 heteroatoms. The van der Waals surface area contributed by atoms with Crippen molar-refractivity contribution in [3.05, 3.63) is 24.4 Å². The highest BCUT2D eigenvalue weighted by Gasteiger charge is 2.27. The first-order valence-electron chi connectivity index (χ1n) is 7.02. The fourth-order valence-corrected chi connectivity index (χ4v) is 4.16. The third kappa shape index (κ3) is 2.76. The molecule has 5 N–H and O–H groups in total. The molecule has 1 fully saturated rings. The molecule has 1 saturated carbocycles. The van der Waals surface area contributed by atoms with Gasteiger partial charge < -0.3 is 15.8 Å². The Morgan fingerprint density at radius 3 is 2.90 bits per heavy atom. The number of fused-ring (bicyclic) bond motifs is 1. The second-order valence-corrected chi connectivity index (χ2v) is 7.30. The SMILES string of the molecule is Nc1ccc2c(S(=O)(=O)NCC3CCCC3O)c[nH]c2c1. The van der Waals surface area contributed by atoms with Gasteiger partial charge in [0.1, 0.15) is 4.90 Å². The molecule has 0 amide bonds. The van der Waals surface area contributed by atoms with Crippen molar-refractivity contribution in [1.82, 2.24) is 9.71 Å². The van der Waals surface area contributed by atoms with Crippen LogP contribution >= 0.6 is 0 Å². The first-order valence-corrected chi connectivity index (χ1v) is 8.50. The van der Waals surface area contributed by atoms with Gasteiger partial charge in [0.25, 0.3) is 0 Å². The van der Waals surface area contributed by atoms with Crippen LogP contribution in [0, 0.1) is 5.92 Å². The molecule has 6 nitrogen and oxygen atoms in total. The molecule has 1 heterocycles. The Morgan fingerprint density at radius 1 is 1.38 bits per heavy atom. The summed E-state index contributed by atoms with van der Waals surface area (Å²) >= 11 is 0. The number of hydrogen-bond acceptors (Lipinski definition) is 4. The summed E-state index contributed by atoms with van der Waals surface area (Å²) in [6.45, 7) is 0.269. The van der Waals surface area contributed by atoms with Gasteiger partial charge in [0.15, 0.2) is 0 Å². The maximum atomic E-state index is 12.4. The van der Waals surface area contributed by atoms with Crippen LogP contribution in [-0.4, -0.2) is 31.2 Å². The second-order valence-electron chi connectivity index (χ2n) is 5.57. The van der Waals surface area contributed by atoms with E-state index in [1.165, 1.54) is 6.20 Å². The van der Waals surface area contributed by atoms with Crippen LogP contribution in [0.3, 0.4) is 0 Å². The van der Waals surface area contributed by atoms with Crippen molar-refractivity contribution >= 4 is 26.6 Å². The molecule has 0 radical (unpaired) electrons. The summed E-state index contributed by atoms with van der Waals surface area (Å²) < 4.78 is 27.4. The molecule has 1 aliphatic rings. The van der Waals surface area contributed by atoms with Gasteiger partial charge in [-0.25, -0.2) is 13.1 Å². The highest BCUT2D eigenvalue weighted by molar-refractivity contribution is 7.89. The van der Waals surface area contributed by atoms with Crippen molar-refractivity contribution in [2.24, 2.45) is 5.92 Å². The van der Waals surface area contributed by atoms with Gasteiger partial charge in [-0.1, -0.05) is 6.42 Å². The lowest BCUT2D eigenvalue weighted by molar-refractivity contribution is 0.134. The predicted octanol–water partition coefficient (Wildman–Crippen LogP) is 1.19. The van der Waals surface area contributed by atoms with E-state index in [-0.39, 0.29) is 17.4 Å². The summed E-state index contributed by atoms with van der Waals surface area (Å²) in [6.07, 6.45) is 3.61. The van der Waals surface area contributed by atoms with Gasteiger partial charge in [-0.2, -0.15) is 0 Å². The van der Waals surface area contributed by atoms with Crippen molar-refractivity contribution in [3.8, 4) is 0 Å². The number of H-pyrrole nitrogens is 1. The Labute approximate surface area is 123 Å². The molecule has 3 rings (SSSR count).